The number of hydrogen-bond donors (Lipinski definition) is 1. The SMILES string of the molecule is CN(C)C(=O)CN(CC(F)(F)F)C(=O)c1ccc(=O)[nH]c1. The normalized spacial score (nSPS) is 11.1. The molecule has 2 amide bonds. The van der Waals surface area contributed by atoms with Crippen LogP contribution in [0.3, 0.4) is 0 Å². The third kappa shape index (κ3) is 5.28. The van der Waals surface area contributed by atoms with Gasteiger partial charge in [0.1, 0.15) is 13.1 Å². The second kappa shape index (κ2) is 6.42. The van der Waals surface area contributed by atoms with Crippen molar-refractivity contribution in [2.45, 2.75) is 6.18 Å². The van der Waals surface area contributed by atoms with Gasteiger partial charge in [-0.2, -0.15) is 13.2 Å². The fourth-order valence-corrected chi connectivity index (χ4v) is 1.45. The molecule has 9 heteroatoms. The number of pyridine rings is 1. The van der Waals surface area contributed by atoms with Crippen LogP contribution in [0.1, 0.15) is 10.4 Å². The molecular weight excluding hydrogens is 291 g/mol. The summed E-state index contributed by atoms with van der Waals surface area (Å²) in [6.07, 6.45) is -3.63. The Labute approximate surface area is 118 Å². The third-order valence-corrected chi connectivity index (χ3v) is 2.51. The van der Waals surface area contributed by atoms with Gasteiger partial charge in [-0.25, -0.2) is 0 Å². The van der Waals surface area contributed by atoms with E-state index >= 15 is 0 Å². The van der Waals surface area contributed by atoms with Crippen molar-refractivity contribution in [2.24, 2.45) is 0 Å². The number of amides is 2. The zero-order valence-electron chi connectivity index (χ0n) is 11.4. The number of alkyl halides is 3. The number of aromatic nitrogens is 1. The van der Waals surface area contributed by atoms with Crippen LogP contribution in [-0.4, -0.2) is 60.0 Å². The van der Waals surface area contributed by atoms with E-state index in [-0.39, 0.29) is 5.56 Å². The number of aromatic amines is 1. The van der Waals surface area contributed by atoms with Crippen molar-refractivity contribution in [1.29, 1.82) is 0 Å². The maximum Gasteiger partial charge on any atom is 0.406 e. The summed E-state index contributed by atoms with van der Waals surface area (Å²) in [5, 5.41) is 0. The van der Waals surface area contributed by atoms with Gasteiger partial charge in [0.25, 0.3) is 5.91 Å². The van der Waals surface area contributed by atoms with E-state index in [1.165, 1.54) is 14.1 Å². The number of likely N-dealkylation sites (N-methyl/N-ethyl adjacent to an activating group) is 1. The van der Waals surface area contributed by atoms with Gasteiger partial charge >= 0.3 is 6.18 Å². The largest absolute Gasteiger partial charge is 0.406 e. The van der Waals surface area contributed by atoms with Crippen molar-refractivity contribution in [3.8, 4) is 0 Å². The predicted molar refractivity (Wildman–Crippen MR) is 67.7 cm³/mol. The van der Waals surface area contributed by atoms with Gasteiger partial charge in [0.2, 0.25) is 11.5 Å². The monoisotopic (exact) mass is 305 g/mol. The molecule has 0 bridgehead atoms. The van der Waals surface area contributed by atoms with E-state index in [1.54, 1.807) is 0 Å². The van der Waals surface area contributed by atoms with Crippen LogP contribution >= 0.6 is 0 Å². The van der Waals surface area contributed by atoms with E-state index in [4.69, 9.17) is 0 Å². The number of carbonyl (C=O) groups is 2. The van der Waals surface area contributed by atoms with Crippen LogP contribution in [0.4, 0.5) is 13.2 Å². The van der Waals surface area contributed by atoms with Gasteiger partial charge < -0.3 is 14.8 Å². The van der Waals surface area contributed by atoms with Gasteiger partial charge in [-0.1, -0.05) is 0 Å². The quantitative estimate of drug-likeness (QED) is 0.878. The third-order valence-electron chi connectivity index (χ3n) is 2.51. The summed E-state index contributed by atoms with van der Waals surface area (Å²) in [6.45, 7) is -2.25. The van der Waals surface area contributed by atoms with Crippen molar-refractivity contribution in [3.63, 3.8) is 0 Å². The Bertz CT molecular complexity index is 561. The van der Waals surface area contributed by atoms with Crippen LogP contribution in [0.15, 0.2) is 23.1 Å². The van der Waals surface area contributed by atoms with E-state index < -0.39 is 36.6 Å². The lowest BCUT2D eigenvalue weighted by Crippen LogP contribution is -2.44. The molecule has 0 aliphatic heterocycles. The van der Waals surface area contributed by atoms with Gasteiger partial charge in [-0.15, -0.1) is 0 Å². The van der Waals surface area contributed by atoms with Crippen molar-refractivity contribution in [2.75, 3.05) is 27.2 Å². The molecule has 1 rings (SSSR count). The predicted octanol–water partition coefficient (Wildman–Crippen LogP) is 0.468. The van der Waals surface area contributed by atoms with Crippen molar-refractivity contribution in [3.05, 3.63) is 34.2 Å². The van der Waals surface area contributed by atoms with E-state index in [0.717, 1.165) is 23.2 Å². The number of hydrogen-bond acceptors (Lipinski definition) is 3. The lowest BCUT2D eigenvalue weighted by atomic mass is 10.2. The van der Waals surface area contributed by atoms with Gasteiger partial charge in [-0.3, -0.25) is 14.4 Å². The van der Waals surface area contributed by atoms with Crippen LogP contribution in [0, 0.1) is 0 Å². The zero-order valence-corrected chi connectivity index (χ0v) is 11.4. The second-order valence-electron chi connectivity index (χ2n) is 4.51. The Kier molecular flexibility index (Phi) is 5.12. The summed E-state index contributed by atoms with van der Waals surface area (Å²) in [7, 11) is 2.75. The van der Waals surface area contributed by atoms with Gasteiger partial charge in [-0.05, 0) is 6.07 Å². The van der Waals surface area contributed by atoms with Gasteiger partial charge in [0.05, 0.1) is 5.56 Å². The second-order valence-corrected chi connectivity index (χ2v) is 4.51. The maximum absolute atomic E-state index is 12.5. The highest BCUT2D eigenvalue weighted by molar-refractivity contribution is 5.96. The Morgan fingerprint density at radius 1 is 1.24 bits per heavy atom. The molecule has 1 aromatic rings. The highest BCUT2D eigenvalue weighted by Crippen LogP contribution is 2.18. The number of nitrogens with one attached hydrogen (secondary N) is 1. The molecule has 1 aromatic heterocycles. The zero-order chi connectivity index (χ0) is 16.2. The Balaban J connectivity index is 2.99. The molecule has 116 valence electrons. The molecule has 0 atom stereocenters. The molecule has 0 radical (unpaired) electrons. The van der Waals surface area contributed by atoms with Crippen LogP contribution in [0.5, 0.6) is 0 Å². The van der Waals surface area contributed by atoms with Crippen LogP contribution in [-0.2, 0) is 4.79 Å². The first-order valence-electron chi connectivity index (χ1n) is 5.85. The molecule has 0 unspecified atom stereocenters. The van der Waals surface area contributed by atoms with Crippen LogP contribution in [0.25, 0.3) is 0 Å². The molecule has 0 saturated heterocycles. The van der Waals surface area contributed by atoms with Crippen LogP contribution < -0.4 is 5.56 Å². The number of nitrogens with zero attached hydrogens (tertiary/aromatic N) is 2. The average molecular weight is 305 g/mol. The van der Waals surface area contributed by atoms with Gasteiger partial charge in [0, 0.05) is 26.4 Å². The van der Waals surface area contributed by atoms with Crippen molar-refractivity contribution < 1.29 is 22.8 Å². The first kappa shape index (κ1) is 16.7. The molecule has 0 aliphatic carbocycles. The average Bonchev–Trinajstić information content (AvgIpc) is 2.36. The summed E-state index contributed by atoms with van der Waals surface area (Å²) in [5.74, 6) is -1.63. The lowest BCUT2D eigenvalue weighted by molar-refractivity contribution is -0.146. The van der Waals surface area contributed by atoms with E-state index in [1.807, 2.05) is 0 Å². The minimum absolute atomic E-state index is 0.134. The highest BCUT2D eigenvalue weighted by atomic mass is 19.4. The number of carbonyl (C=O) groups excluding carboxylic acids is 2. The molecular formula is C12H14F3N3O3. The maximum atomic E-state index is 12.5. The van der Waals surface area contributed by atoms with Gasteiger partial charge in [0.15, 0.2) is 0 Å². The lowest BCUT2D eigenvalue weighted by Gasteiger charge is -2.24. The molecule has 0 spiro atoms. The molecule has 6 nitrogen and oxygen atoms in total. The fraction of sp³-hybridized carbons (Fsp3) is 0.417. The first-order valence-corrected chi connectivity index (χ1v) is 5.85. The highest BCUT2D eigenvalue weighted by Gasteiger charge is 2.34. The molecule has 21 heavy (non-hydrogen) atoms. The van der Waals surface area contributed by atoms with Crippen molar-refractivity contribution in [1.82, 2.24) is 14.8 Å². The minimum atomic E-state index is -4.63. The molecule has 0 aliphatic rings. The molecule has 1 N–H and O–H groups in total. The summed E-state index contributed by atoms with van der Waals surface area (Å²) in [6, 6.07) is 2.12. The summed E-state index contributed by atoms with van der Waals surface area (Å²) >= 11 is 0. The molecule has 0 saturated carbocycles. The summed E-state index contributed by atoms with van der Waals surface area (Å²) in [4.78, 5) is 38.1. The fourth-order valence-electron chi connectivity index (χ4n) is 1.45. The van der Waals surface area contributed by atoms with E-state index in [0.29, 0.717) is 4.90 Å². The number of halogens is 3. The van der Waals surface area contributed by atoms with Crippen LogP contribution in [0.2, 0.25) is 0 Å². The summed E-state index contributed by atoms with van der Waals surface area (Å²) in [5.41, 5.74) is -0.622. The Morgan fingerprint density at radius 3 is 2.29 bits per heavy atom. The topological polar surface area (TPSA) is 73.5 Å². The molecule has 1 heterocycles. The Morgan fingerprint density at radius 2 is 1.86 bits per heavy atom. The standard InChI is InChI=1S/C12H14F3N3O3/c1-17(2)10(20)6-18(7-12(13,14)15)11(21)8-3-4-9(19)16-5-8/h3-5H,6-7H2,1-2H3,(H,16,19). The number of rotatable bonds is 4. The smallest absolute Gasteiger partial charge is 0.347 e. The minimum Gasteiger partial charge on any atom is -0.347 e. The van der Waals surface area contributed by atoms with Crippen molar-refractivity contribution >= 4 is 11.8 Å². The van der Waals surface area contributed by atoms with E-state index in [9.17, 15) is 27.6 Å². The summed E-state index contributed by atoms with van der Waals surface area (Å²) < 4.78 is 37.6. The number of H-pyrrole nitrogens is 1. The molecule has 0 fully saturated rings. The first-order chi connectivity index (χ1) is 9.60. The molecule has 0 aromatic carbocycles. The Hall–Kier alpha value is -2.32. The van der Waals surface area contributed by atoms with E-state index in [2.05, 4.69) is 4.98 Å².